The molecule has 0 unspecified atom stereocenters. The normalized spacial score (nSPS) is 13.3. The van der Waals surface area contributed by atoms with Crippen molar-refractivity contribution in [2.45, 2.75) is 13.0 Å². The van der Waals surface area contributed by atoms with Crippen molar-refractivity contribution < 1.29 is 0 Å². The van der Waals surface area contributed by atoms with Crippen LogP contribution in [0.25, 0.3) is 16.9 Å². The molecule has 0 bridgehead atoms. The molecular weight excluding hydrogens is 439 g/mol. The molecule has 3 heterocycles. The average Bonchev–Trinajstić information content (AvgIpc) is 3.13. The lowest BCUT2D eigenvalue weighted by Crippen LogP contribution is -2.40. The van der Waals surface area contributed by atoms with Crippen LogP contribution in [-0.4, -0.2) is 33.8 Å². The molecule has 7 heteroatoms. The number of halogens is 1. The second-order valence-corrected chi connectivity index (χ2v) is 5.88. The highest BCUT2D eigenvalue weighted by molar-refractivity contribution is 14.0. The van der Waals surface area contributed by atoms with E-state index in [-0.39, 0.29) is 24.0 Å². The first-order chi connectivity index (χ1) is 12.4. The van der Waals surface area contributed by atoms with E-state index in [4.69, 9.17) is 5.10 Å². The van der Waals surface area contributed by atoms with Crippen LogP contribution in [-0.2, 0) is 6.54 Å². The van der Waals surface area contributed by atoms with Crippen molar-refractivity contribution in [2.75, 3.05) is 13.1 Å². The number of guanidine groups is 1. The summed E-state index contributed by atoms with van der Waals surface area (Å²) in [4.78, 5) is 8.57. The Hall–Kier alpha value is -2.42. The van der Waals surface area contributed by atoms with Gasteiger partial charge in [-0.2, -0.15) is 5.10 Å². The number of nitrogens with zero attached hydrogens (tertiary/aromatic N) is 4. The number of aromatic nitrogens is 3. The van der Waals surface area contributed by atoms with Crippen LogP contribution >= 0.6 is 24.0 Å². The maximum Gasteiger partial charge on any atom is 0.191 e. The van der Waals surface area contributed by atoms with E-state index >= 15 is 0 Å². The van der Waals surface area contributed by atoms with Gasteiger partial charge in [-0.25, -0.2) is 4.68 Å². The van der Waals surface area contributed by atoms with Crippen molar-refractivity contribution in [2.24, 2.45) is 4.99 Å². The van der Waals surface area contributed by atoms with Gasteiger partial charge in [0.05, 0.1) is 11.4 Å². The van der Waals surface area contributed by atoms with Crippen molar-refractivity contribution in [3.8, 4) is 16.9 Å². The molecule has 4 rings (SSSR count). The molecule has 0 spiro atoms. The molecule has 1 aromatic carbocycles. The van der Waals surface area contributed by atoms with Gasteiger partial charge in [0.1, 0.15) is 0 Å². The summed E-state index contributed by atoms with van der Waals surface area (Å²) in [7, 11) is 0. The molecule has 0 fully saturated rings. The van der Waals surface area contributed by atoms with E-state index in [1.807, 2.05) is 47.1 Å². The third-order valence-electron chi connectivity index (χ3n) is 4.11. The number of nitrogens with one attached hydrogen (secondary N) is 2. The summed E-state index contributed by atoms with van der Waals surface area (Å²) in [5.41, 5.74) is 4.16. The van der Waals surface area contributed by atoms with Crippen LogP contribution in [0.1, 0.15) is 12.0 Å². The van der Waals surface area contributed by atoms with Gasteiger partial charge in [-0.15, -0.1) is 24.0 Å². The van der Waals surface area contributed by atoms with Crippen LogP contribution in [0.5, 0.6) is 0 Å². The highest BCUT2D eigenvalue weighted by atomic mass is 127. The monoisotopic (exact) mass is 460 g/mol. The lowest BCUT2D eigenvalue weighted by molar-refractivity contribution is 0.702. The third kappa shape index (κ3) is 4.21. The molecule has 134 valence electrons. The van der Waals surface area contributed by atoms with E-state index in [1.165, 1.54) is 0 Å². The zero-order valence-electron chi connectivity index (χ0n) is 14.3. The highest BCUT2D eigenvalue weighted by Crippen LogP contribution is 2.23. The fourth-order valence-corrected chi connectivity index (χ4v) is 2.83. The molecule has 0 radical (unpaired) electrons. The van der Waals surface area contributed by atoms with Crippen molar-refractivity contribution in [1.82, 2.24) is 25.4 Å². The molecule has 0 amide bonds. The van der Waals surface area contributed by atoms with E-state index < -0.39 is 0 Å². The number of benzene rings is 1. The number of para-hydroxylation sites is 1. The summed E-state index contributed by atoms with van der Waals surface area (Å²) in [6, 6.07) is 14.1. The Morgan fingerprint density at radius 3 is 2.62 bits per heavy atom. The fourth-order valence-electron chi connectivity index (χ4n) is 2.83. The van der Waals surface area contributed by atoms with Gasteiger partial charge in [0.15, 0.2) is 5.96 Å². The summed E-state index contributed by atoms with van der Waals surface area (Å²) in [5.74, 6) is 0.861. The summed E-state index contributed by atoms with van der Waals surface area (Å²) in [6.45, 7) is 2.50. The van der Waals surface area contributed by atoms with Gasteiger partial charge in [0.2, 0.25) is 0 Å². The Balaban J connectivity index is 0.00000196. The number of hydrogen-bond donors (Lipinski definition) is 2. The van der Waals surface area contributed by atoms with Crippen LogP contribution in [0.3, 0.4) is 0 Å². The van der Waals surface area contributed by atoms with Crippen LogP contribution in [0.4, 0.5) is 0 Å². The summed E-state index contributed by atoms with van der Waals surface area (Å²) in [5, 5.41) is 11.5. The molecule has 2 N–H and O–H groups in total. The lowest BCUT2D eigenvalue weighted by Gasteiger charge is -2.15. The topological polar surface area (TPSA) is 67.1 Å². The molecule has 0 atom stereocenters. The minimum atomic E-state index is 0. The molecule has 0 saturated carbocycles. The van der Waals surface area contributed by atoms with Crippen LogP contribution < -0.4 is 10.6 Å². The van der Waals surface area contributed by atoms with Crippen LogP contribution in [0.2, 0.25) is 0 Å². The SMILES string of the molecule is I.c1ccc(-n2cc(CNC3=NCCCN3)c(-c3ccncc3)n2)cc1. The van der Waals surface area contributed by atoms with E-state index in [0.717, 1.165) is 48.0 Å². The standard InChI is InChI=1S/C19H20N6.HI/c1-2-5-17(6-3-1)25-14-16(13-23-19-21-9-4-10-22-19)18(24-25)15-7-11-20-12-8-15;/h1-3,5-8,11-12,14H,4,9-10,13H2,(H2,21,22,23);1H. The summed E-state index contributed by atoms with van der Waals surface area (Å²) in [6.07, 6.45) is 6.74. The predicted octanol–water partition coefficient (Wildman–Crippen LogP) is 2.99. The average molecular weight is 460 g/mol. The van der Waals surface area contributed by atoms with Gasteiger partial charge >= 0.3 is 0 Å². The van der Waals surface area contributed by atoms with Gasteiger partial charge in [0.25, 0.3) is 0 Å². The fraction of sp³-hybridized carbons (Fsp3) is 0.211. The van der Waals surface area contributed by atoms with Crippen LogP contribution in [0, 0.1) is 0 Å². The summed E-state index contributed by atoms with van der Waals surface area (Å²) < 4.78 is 1.92. The van der Waals surface area contributed by atoms with Gasteiger partial charge in [-0.3, -0.25) is 9.98 Å². The second-order valence-electron chi connectivity index (χ2n) is 5.88. The zero-order chi connectivity index (χ0) is 16.9. The first-order valence-corrected chi connectivity index (χ1v) is 8.47. The largest absolute Gasteiger partial charge is 0.356 e. The van der Waals surface area contributed by atoms with E-state index in [9.17, 15) is 0 Å². The smallest absolute Gasteiger partial charge is 0.191 e. The van der Waals surface area contributed by atoms with Crippen molar-refractivity contribution in [3.05, 3.63) is 66.6 Å². The molecule has 3 aromatic rings. The molecule has 2 aromatic heterocycles. The third-order valence-corrected chi connectivity index (χ3v) is 4.11. The first-order valence-electron chi connectivity index (χ1n) is 8.47. The van der Waals surface area contributed by atoms with Gasteiger partial charge in [-0.1, -0.05) is 18.2 Å². The first kappa shape index (κ1) is 18.4. The Morgan fingerprint density at radius 2 is 1.88 bits per heavy atom. The summed E-state index contributed by atoms with van der Waals surface area (Å²) >= 11 is 0. The quantitative estimate of drug-likeness (QED) is 0.588. The number of hydrogen-bond acceptors (Lipinski definition) is 5. The van der Waals surface area contributed by atoms with Crippen molar-refractivity contribution >= 4 is 29.9 Å². The molecule has 1 aliphatic rings. The van der Waals surface area contributed by atoms with Gasteiger partial charge in [0, 0.05) is 49.4 Å². The van der Waals surface area contributed by atoms with Gasteiger partial charge < -0.3 is 10.6 Å². The second kappa shape index (κ2) is 8.79. The maximum absolute atomic E-state index is 4.80. The van der Waals surface area contributed by atoms with E-state index in [2.05, 4.69) is 26.8 Å². The van der Waals surface area contributed by atoms with Crippen LogP contribution in [0.15, 0.2) is 66.0 Å². The van der Waals surface area contributed by atoms with Gasteiger partial charge in [-0.05, 0) is 30.7 Å². The van der Waals surface area contributed by atoms with E-state index in [0.29, 0.717) is 6.54 Å². The molecular formula is C19H21IN6. The molecule has 6 nitrogen and oxygen atoms in total. The Labute approximate surface area is 169 Å². The Bertz CT molecular complexity index is 860. The lowest BCUT2D eigenvalue weighted by atomic mass is 10.1. The molecule has 0 aliphatic carbocycles. The van der Waals surface area contributed by atoms with Crippen molar-refractivity contribution in [3.63, 3.8) is 0 Å². The zero-order valence-corrected chi connectivity index (χ0v) is 16.6. The molecule has 26 heavy (non-hydrogen) atoms. The Morgan fingerprint density at radius 1 is 1.08 bits per heavy atom. The molecule has 1 aliphatic heterocycles. The highest BCUT2D eigenvalue weighted by Gasteiger charge is 2.13. The molecule has 0 saturated heterocycles. The number of pyridine rings is 1. The number of rotatable bonds is 4. The predicted molar refractivity (Wildman–Crippen MR) is 114 cm³/mol. The maximum atomic E-state index is 4.80. The Kier molecular flexibility index (Phi) is 6.21. The minimum absolute atomic E-state index is 0. The number of aliphatic imine (C=N–C) groups is 1. The van der Waals surface area contributed by atoms with Crippen molar-refractivity contribution in [1.29, 1.82) is 0 Å². The van der Waals surface area contributed by atoms with E-state index in [1.54, 1.807) is 12.4 Å². The minimum Gasteiger partial charge on any atom is -0.356 e.